The van der Waals surface area contributed by atoms with Gasteiger partial charge in [-0.1, -0.05) is 0 Å². The average Bonchev–Trinajstić information content (AvgIpc) is 4.02. The first-order valence-corrected chi connectivity index (χ1v) is 15.9. The van der Waals surface area contributed by atoms with E-state index >= 15 is 0 Å². The van der Waals surface area contributed by atoms with Crippen molar-refractivity contribution in [1.82, 2.24) is 15.0 Å². The molecule has 1 aromatic heterocycles. The Labute approximate surface area is 324 Å². The first-order chi connectivity index (χ1) is 29.0. The van der Waals surface area contributed by atoms with Gasteiger partial charge in [0.25, 0.3) is 5.70 Å². The predicted molar refractivity (Wildman–Crippen MR) is 170 cm³/mol. The summed E-state index contributed by atoms with van der Waals surface area (Å²) in [7, 11) is 0. The normalized spacial score (nSPS) is 13.9. The zero-order chi connectivity index (χ0) is 43.9. The Hall–Kier alpha value is -8.53. The lowest BCUT2D eigenvalue weighted by molar-refractivity contribution is 0.376. The summed E-state index contributed by atoms with van der Waals surface area (Å²) in [4.78, 5) is 37.3. The smallest absolute Gasteiger partial charge is 0.235 e. The molecule has 0 radical (unpaired) electrons. The monoisotopic (exact) mass is 850 g/mol. The summed E-state index contributed by atoms with van der Waals surface area (Å²) in [5, 5.41) is 14.6. The lowest BCUT2D eigenvalue weighted by atomic mass is 10.0. The molecule has 0 spiro atoms. The SMILES string of the molecule is [C-]#[N+]C(=C1N=c2c(F)c(F)c(F)c(F)c2=N1)c1nc(C(C#N)=C2N=c3c(F)c(F)c(F)c(F)c3=N2)nc(-c2ccc3c(c2)=N/C(=C(\C#N)c2c(F)c(F)c(F)c(F)c2F)N=3)n1. The minimum absolute atomic E-state index is 0.191. The van der Waals surface area contributed by atoms with Gasteiger partial charge in [-0.3, -0.25) is 0 Å². The van der Waals surface area contributed by atoms with Crippen LogP contribution in [0.25, 0.3) is 33.1 Å². The lowest BCUT2D eigenvalue weighted by Gasteiger charge is -2.07. The molecule has 0 fully saturated rings. The van der Waals surface area contributed by atoms with Crippen LogP contribution in [0.15, 0.2) is 65.6 Å². The summed E-state index contributed by atoms with van der Waals surface area (Å²) >= 11 is 0. The predicted octanol–water partition coefficient (Wildman–Crippen LogP) is 4.14. The number of fused-ring (bicyclic) bond motifs is 3. The quantitative estimate of drug-likeness (QED) is 0.0872. The van der Waals surface area contributed by atoms with Crippen LogP contribution >= 0.6 is 0 Å². The van der Waals surface area contributed by atoms with Crippen molar-refractivity contribution in [3.8, 4) is 23.5 Å². The molecule has 0 aliphatic carbocycles. The first-order valence-electron chi connectivity index (χ1n) is 15.9. The zero-order valence-corrected chi connectivity index (χ0v) is 28.5. The Morgan fingerprint density at radius 3 is 1.34 bits per heavy atom. The Morgan fingerprint density at radius 1 is 0.459 bits per heavy atom. The minimum Gasteiger partial charge on any atom is -0.235 e. The maximum absolute atomic E-state index is 14.7. The standard InChI is InChI=1S/C36H3F13N12/c1-52-30(35-57-28-24(48)20(44)21(45)25(49)29(28)58-35)36-60-31(59-34(61-36)9(6-51)33-55-26-22(46)18(42)19(43)23(47)27(26)56-33)7-2-3-10-11(4-7)54-32(53-10)8(5-50)12-13(37)15(39)17(41)16(40)14(12)38/h2-4H/b32-8+. The summed E-state index contributed by atoms with van der Waals surface area (Å²) in [5.41, 5.74) is -5.00. The molecule has 4 heterocycles. The molecule has 0 atom stereocenters. The molecule has 0 N–H and O–H groups in total. The number of hydrogen-bond donors (Lipinski definition) is 0. The number of nitrogens with zero attached hydrogens (tertiary/aromatic N) is 12. The van der Waals surface area contributed by atoms with Crippen LogP contribution < -0.4 is 32.1 Å². The van der Waals surface area contributed by atoms with Crippen molar-refractivity contribution in [3.05, 3.63) is 172 Å². The van der Waals surface area contributed by atoms with Crippen molar-refractivity contribution in [2.45, 2.75) is 0 Å². The van der Waals surface area contributed by atoms with E-state index in [-0.39, 0.29) is 16.3 Å². The van der Waals surface area contributed by atoms with Crippen LogP contribution in [-0.2, 0) is 0 Å². The minimum atomic E-state index is -2.51. The van der Waals surface area contributed by atoms with Crippen molar-refractivity contribution >= 4 is 16.8 Å². The first kappa shape index (κ1) is 39.3. The number of allylic oxidation sites excluding steroid dienone is 2. The Balaban J connectivity index is 1.37. The van der Waals surface area contributed by atoms with Crippen molar-refractivity contribution in [3.63, 3.8) is 0 Å². The van der Waals surface area contributed by atoms with Crippen LogP contribution in [0, 0.1) is 105 Å². The molecule has 0 bridgehead atoms. The number of aromatic nitrogens is 3. The molecule has 298 valence electrons. The second-order valence-corrected chi connectivity index (χ2v) is 11.9. The lowest BCUT2D eigenvalue weighted by Crippen LogP contribution is -2.32. The van der Waals surface area contributed by atoms with Crippen LogP contribution in [0.4, 0.5) is 57.1 Å². The molecule has 5 aromatic rings. The maximum Gasteiger partial charge on any atom is 0.274 e. The van der Waals surface area contributed by atoms with Crippen LogP contribution in [0.1, 0.15) is 17.2 Å². The second kappa shape index (κ2) is 14.1. The summed E-state index contributed by atoms with van der Waals surface area (Å²) in [6, 6.07) is 6.04. The van der Waals surface area contributed by atoms with Gasteiger partial charge >= 0.3 is 0 Å². The van der Waals surface area contributed by atoms with E-state index in [9.17, 15) is 67.6 Å². The molecule has 0 saturated carbocycles. The molecule has 0 saturated heterocycles. The van der Waals surface area contributed by atoms with E-state index in [4.69, 9.17) is 6.57 Å². The molecule has 3 aliphatic heterocycles. The summed E-state index contributed by atoms with van der Waals surface area (Å²) in [6.07, 6.45) is 0. The zero-order valence-electron chi connectivity index (χ0n) is 28.5. The van der Waals surface area contributed by atoms with Crippen molar-refractivity contribution in [2.75, 3.05) is 0 Å². The van der Waals surface area contributed by atoms with E-state index in [1.807, 2.05) is 0 Å². The summed E-state index contributed by atoms with van der Waals surface area (Å²) in [6.45, 7) is 7.78. The average molecular weight is 850 g/mol. The van der Waals surface area contributed by atoms with E-state index < -0.39 is 154 Å². The van der Waals surface area contributed by atoms with Crippen LogP contribution in [0.3, 0.4) is 0 Å². The molecule has 25 heteroatoms. The van der Waals surface area contributed by atoms with E-state index in [0.717, 1.165) is 18.2 Å². The van der Waals surface area contributed by atoms with Gasteiger partial charge in [-0.25, -0.2) is 107 Å². The van der Waals surface area contributed by atoms with Gasteiger partial charge in [0.1, 0.15) is 44.7 Å². The third-order valence-electron chi connectivity index (χ3n) is 8.52. The fourth-order valence-electron chi connectivity index (χ4n) is 5.69. The topological polar surface area (TPSA) is 165 Å². The van der Waals surface area contributed by atoms with Crippen molar-refractivity contribution in [2.24, 2.45) is 30.0 Å². The van der Waals surface area contributed by atoms with Gasteiger partial charge in [0.05, 0.1) is 22.9 Å². The number of halogens is 13. The molecule has 12 nitrogen and oxygen atoms in total. The van der Waals surface area contributed by atoms with Crippen LogP contribution in [0.5, 0.6) is 0 Å². The van der Waals surface area contributed by atoms with E-state index in [2.05, 4.69) is 49.8 Å². The molecular formula is C36H3F13N12. The number of rotatable bonds is 4. The highest BCUT2D eigenvalue weighted by Crippen LogP contribution is 2.32. The van der Waals surface area contributed by atoms with Crippen molar-refractivity contribution in [1.29, 1.82) is 10.5 Å². The van der Waals surface area contributed by atoms with Crippen molar-refractivity contribution < 1.29 is 57.1 Å². The Kier molecular flexibility index (Phi) is 9.08. The molecular weight excluding hydrogens is 847 g/mol. The second-order valence-electron chi connectivity index (χ2n) is 11.9. The molecule has 0 unspecified atom stereocenters. The molecule has 0 amide bonds. The van der Waals surface area contributed by atoms with Gasteiger partial charge in [0.15, 0.2) is 105 Å². The number of nitriles is 2. The van der Waals surface area contributed by atoms with Gasteiger partial charge in [0.2, 0.25) is 5.82 Å². The van der Waals surface area contributed by atoms with E-state index in [1.165, 1.54) is 12.1 Å². The fourth-order valence-corrected chi connectivity index (χ4v) is 5.69. The Morgan fingerprint density at radius 2 is 0.869 bits per heavy atom. The van der Waals surface area contributed by atoms with Gasteiger partial charge in [-0.2, -0.15) is 10.5 Å². The summed E-state index contributed by atoms with van der Waals surface area (Å²) < 4.78 is 186. The Bertz CT molecular complexity index is 3350. The van der Waals surface area contributed by atoms with Gasteiger partial charge < -0.3 is 0 Å². The summed E-state index contributed by atoms with van der Waals surface area (Å²) in [5.74, 6) is -34.4. The third kappa shape index (κ3) is 5.87. The molecule has 3 aliphatic rings. The van der Waals surface area contributed by atoms with Crippen LogP contribution in [0.2, 0.25) is 0 Å². The molecule has 61 heavy (non-hydrogen) atoms. The van der Waals surface area contributed by atoms with E-state index in [1.54, 1.807) is 0 Å². The highest BCUT2D eigenvalue weighted by Gasteiger charge is 2.31. The molecule has 8 rings (SSSR count). The number of benzene rings is 4. The largest absolute Gasteiger partial charge is 0.274 e. The highest BCUT2D eigenvalue weighted by molar-refractivity contribution is 5.80. The highest BCUT2D eigenvalue weighted by atomic mass is 19.2. The molecule has 4 aromatic carbocycles. The van der Waals surface area contributed by atoms with Gasteiger partial charge in [0, 0.05) is 5.56 Å². The third-order valence-corrected chi connectivity index (χ3v) is 8.52. The van der Waals surface area contributed by atoms with Gasteiger partial charge in [-0.15, -0.1) is 0 Å². The van der Waals surface area contributed by atoms with Crippen LogP contribution in [-0.4, -0.2) is 15.0 Å². The maximum atomic E-state index is 14.7. The number of hydrogen-bond acceptors (Lipinski definition) is 11. The van der Waals surface area contributed by atoms with Gasteiger partial charge in [-0.05, 0) is 18.2 Å². The fraction of sp³-hybridized carbons (Fsp3) is 0. The van der Waals surface area contributed by atoms with E-state index in [0.29, 0.717) is 0 Å².